The fourth-order valence-corrected chi connectivity index (χ4v) is 3.84. The number of hydrogen-bond acceptors (Lipinski definition) is 1. The Morgan fingerprint density at radius 1 is 0.944 bits per heavy atom. The van der Waals surface area contributed by atoms with Crippen molar-refractivity contribution in [2.45, 2.75) is 53.4 Å². The first-order valence-electron chi connectivity index (χ1n) is 7.39. The van der Waals surface area contributed by atoms with Gasteiger partial charge in [-0.25, -0.2) is 0 Å². The van der Waals surface area contributed by atoms with Crippen LogP contribution in [0.25, 0.3) is 0 Å². The highest BCUT2D eigenvalue weighted by Gasteiger charge is 2.37. The van der Waals surface area contributed by atoms with Crippen molar-refractivity contribution in [3.63, 3.8) is 0 Å². The molecular weight excluding hydrogens is 220 g/mol. The molecule has 1 nitrogen and oxygen atoms in total. The Morgan fingerprint density at radius 3 is 1.67 bits per heavy atom. The van der Waals surface area contributed by atoms with Crippen molar-refractivity contribution in [3.05, 3.63) is 23.3 Å². The van der Waals surface area contributed by atoms with E-state index in [9.17, 15) is 4.79 Å². The third-order valence-electron chi connectivity index (χ3n) is 4.91. The van der Waals surface area contributed by atoms with Crippen LogP contribution >= 0.6 is 0 Å². The van der Waals surface area contributed by atoms with Gasteiger partial charge in [-0.15, -0.1) is 0 Å². The second-order valence-corrected chi connectivity index (χ2v) is 6.36. The summed E-state index contributed by atoms with van der Waals surface area (Å²) in [4.78, 5) is 12.9. The summed E-state index contributed by atoms with van der Waals surface area (Å²) in [6.45, 7) is 8.77. The third kappa shape index (κ3) is 2.46. The van der Waals surface area contributed by atoms with Crippen LogP contribution in [0.3, 0.4) is 0 Å². The fourth-order valence-electron chi connectivity index (χ4n) is 3.84. The topological polar surface area (TPSA) is 17.1 Å². The van der Waals surface area contributed by atoms with Crippen molar-refractivity contribution in [2.24, 2.45) is 23.7 Å². The zero-order valence-electron chi connectivity index (χ0n) is 12.2. The van der Waals surface area contributed by atoms with Crippen LogP contribution in [0, 0.1) is 23.7 Å². The van der Waals surface area contributed by atoms with Gasteiger partial charge >= 0.3 is 0 Å². The van der Waals surface area contributed by atoms with E-state index in [1.54, 1.807) is 0 Å². The Balaban J connectivity index is 2.24. The van der Waals surface area contributed by atoms with E-state index in [0.717, 1.165) is 25.7 Å². The first kappa shape index (κ1) is 13.6. The number of rotatable bonds is 2. The minimum absolute atomic E-state index is 0.174. The number of ketones is 1. The zero-order chi connectivity index (χ0) is 13.3. The van der Waals surface area contributed by atoms with E-state index < -0.39 is 0 Å². The van der Waals surface area contributed by atoms with Crippen molar-refractivity contribution >= 4 is 5.78 Å². The van der Waals surface area contributed by atoms with Gasteiger partial charge in [0.05, 0.1) is 0 Å². The summed E-state index contributed by atoms with van der Waals surface area (Å²) in [6, 6.07) is 0. The van der Waals surface area contributed by atoms with Crippen LogP contribution in [0.1, 0.15) is 53.4 Å². The lowest BCUT2D eigenvalue weighted by Crippen LogP contribution is -2.35. The molecule has 4 unspecified atom stereocenters. The summed E-state index contributed by atoms with van der Waals surface area (Å²) in [6.07, 6.45) is 9.16. The van der Waals surface area contributed by atoms with E-state index in [1.165, 1.54) is 11.1 Å². The van der Waals surface area contributed by atoms with E-state index in [0.29, 0.717) is 17.6 Å². The standard InChI is InChI=1S/C17H26O/c1-11-7-5-8-12(2)15(11)17(18)16-13(3)9-6-10-14(16)4/h7,9,12,14-16H,5-6,8,10H2,1-4H3. The molecule has 0 bridgehead atoms. The maximum atomic E-state index is 12.9. The molecule has 2 aliphatic carbocycles. The second-order valence-electron chi connectivity index (χ2n) is 6.36. The average Bonchev–Trinajstić information content (AvgIpc) is 2.28. The number of Topliss-reactive ketones (excluding diaryl/α,β-unsaturated/α-hetero) is 1. The molecule has 0 saturated carbocycles. The Morgan fingerprint density at radius 2 is 1.33 bits per heavy atom. The average molecular weight is 246 g/mol. The smallest absolute Gasteiger partial charge is 0.147 e. The minimum Gasteiger partial charge on any atom is -0.298 e. The Bertz CT molecular complexity index is 352. The van der Waals surface area contributed by atoms with Gasteiger partial charge in [0, 0.05) is 11.8 Å². The Kier molecular flexibility index (Phi) is 4.09. The molecule has 0 aliphatic heterocycles. The van der Waals surface area contributed by atoms with E-state index >= 15 is 0 Å². The van der Waals surface area contributed by atoms with Gasteiger partial charge in [0.2, 0.25) is 0 Å². The summed E-state index contributed by atoms with van der Waals surface area (Å²) in [5.74, 6) is 1.87. The molecule has 0 saturated heterocycles. The molecule has 0 aromatic carbocycles. The van der Waals surface area contributed by atoms with Crippen LogP contribution in [-0.4, -0.2) is 5.78 Å². The van der Waals surface area contributed by atoms with Crippen molar-refractivity contribution in [2.75, 3.05) is 0 Å². The predicted molar refractivity (Wildman–Crippen MR) is 76.3 cm³/mol. The van der Waals surface area contributed by atoms with Crippen molar-refractivity contribution in [3.8, 4) is 0 Å². The summed E-state index contributed by atoms with van der Waals surface area (Å²) in [7, 11) is 0. The molecule has 4 atom stereocenters. The highest BCUT2D eigenvalue weighted by molar-refractivity contribution is 5.89. The van der Waals surface area contributed by atoms with E-state index in [-0.39, 0.29) is 11.8 Å². The van der Waals surface area contributed by atoms with Crippen LogP contribution in [0.15, 0.2) is 23.3 Å². The van der Waals surface area contributed by atoms with Crippen LogP contribution < -0.4 is 0 Å². The largest absolute Gasteiger partial charge is 0.298 e. The molecule has 0 radical (unpaired) electrons. The van der Waals surface area contributed by atoms with Crippen LogP contribution in [0.5, 0.6) is 0 Å². The maximum Gasteiger partial charge on any atom is 0.147 e. The molecule has 0 aromatic heterocycles. The molecule has 18 heavy (non-hydrogen) atoms. The van der Waals surface area contributed by atoms with Gasteiger partial charge < -0.3 is 0 Å². The van der Waals surface area contributed by atoms with Gasteiger partial charge in [0.1, 0.15) is 5.78 Å². The van der Waals surface area contributed by atoms with Gasteiger partial charge in [-0.1, -0.05) is 37.1 Å². The van der Waals surface area contributed by atoms with Gasteiger partial charge in [-0.3, -0.25) is 4.79 Å². The quantitative estimate of drug-likeness (QED) is 0.654. The van der Waals surface area contributed by atoms with Gasteiger partial charge in [0.15, 0.2) is 0 Å². The highest BCUT2D eigenvalue weighted by atomic mass is 16.1. The van der Waals surface area contributed by atoms with Crippen LogP contribution in [0.4, 0.5) is 0 Å². The normalized spacial score (nSPS) is 36.9. The Hall–Kier alpha value is -0.850. The lowest BCUT2D eigenvalue weighted by atomic mass is 9.68. The molecule has 2 rings (SSSR count). The van der Waals surface area contributed by atoms with E-state index in [2.05, 4.69) is 39.8 Å². The van der Waals surface area contributed by atoms with E-state index in [4.69, 9.17) is 0 Å². The molecule has 0 amide bonds. The summed E-state index contributed by atoms with van der Waals surface area (Å²) >= 11 is 0. The molecule has 0 N–H and O–H groups in total. The van der Waals surface area contributed by atoms with E-state index in [1.807, 2.05) is 0 Å². The van der Waals surface area contributed by atoms with Crippen molar-refractivity contribution in [1.82, 2.24) is 0 Å². The fraction of sp³-hybridized carbons (Fsp3) is 0.706. The lowest BCUT2D eigenvalue weighted by molar-refractivity contribution is -0.127. The predicted octanol–water partition coefficient (Wildman–Crippen LogP) is 4.54. The highest BCUT2D eigenvalue weighted by Crippen LogP contribution is 2.38. The first-order valence-corrected chi connectivity index (χ1v) is 7.39. The zero-order valence-corrected chi connectivity index (χ0v) is 12.2. The molecule has 1 heteroatoms. The number of allylic oxidation sites excluding steroid dienone is 4. The molecular formula is C17H26O. The second kappa shape index (κ2) is 5.42. The summed E-state index contributed by atoms with van der Waals surface area (Å²) in [5.41, 5.74) is 2.62. The van der Waals surface area contributed by atoms with Gasteiger partial charge in [0.25, 0.3) is 0 Å². The lowest BCUT2D eigenvalue weighted by Gasteiger charge is -2.35. The summed E-state index contributed by atoms with van der Waals surface area (Å²) in [5, 5.41) is 0. The molecule has 0 spiro atoms. The number of carbonyl (C=O) groups is 1. The molecule has 0 aromatic rings. The molecule has 2 aliphatic rings. The SMILES string of the molecule is CC1=CCCC(C)C1C(=O)C1C(C)=CCCC1C. The summed E-state index contributed by atoms with van der Waals surface area (Å²) < 4.78 is 0. The number of hydrogen-bond donors (Lipinski definition) is 0. The molecule has 100 valence electrons. The monoisotopic (exact) mass is 246 g/mol. The third-order valence-corrected chi connectivity index (χ3v) is 4.91. The number of carbonyl (C=O) groups excluding carboxylic acids is 1. The first-order chi connectivity index (χ1) is 8.52. The maximum absolute atomic E-state index is 12.9. The molecule has 0 fully saturated rings. The van der Waals surface area contributed by atoms with Gasteiger partial charge in [-0.05, 0) is 51.4 Å². The van der Waals surface area contributed by atoms with Crippen LogP contribution in [-0.2, 0) is 4.79 Å². The van der Waals surface area contributed by atoms with Crippen LogP contribution in [0.2, 0.25) is 0 Å². The van der Waals surface area contributed by atoms with Gasteiger partial charge in [-0.2, -0.15) is 0 Å². The molecule has 0 heterocycles. The minimum atomic E-state index is 0.174. The Labute approximate surface area is 111 Å². The van der Waals surface area contributed by atoms with Crippen molar-refractivity contribution < 1.29 is 4.79 Å². The van der Waals surface area contributed by atoms with Crippen molar-refractivity contribution in [1.29, 1.82) is 0 Å².